The summed E-state index contributed by atoms with van der Waals surface area (Å²) in [5, 5.41) is 20.5. The number of hydrogen-bond acceptors (Lipinski definition) is 4. The molecule has 1 unspecified atom stereocenters. The normalized spacial score (nSPS) is 28.6. The van der Waals surface area contributed by atoms with Crippen LogP contribution in [0, 0.1) is 5.92 Å². The highest BCUT2D eigenvalue weighted by Gasteiger charge is 2.49. The van der Waals surface area contributed by atoms with Crippen molar-refractivity contribution in [2.24, 2.45) is 5.92 Å². The molecule has 2 N–H and O–H groups in total. The minimum absolute atomic E-state index is 0.0135. The third-order valence-electron chi connectivity index (χ3n) is 5.90. The Morgan fingerprint density at radius 2 is 1.85 bits per heavy atom. The summed E-state index contributed by atoms with van der Waals surface area (Å²) in [7, 11) is 1.86. The van der Waals surface area contributed by atoms with Gasteiger partial charge in [0.2, 0.25) is 0 Å². The highest BCUT2D eigenvalue weighted by Crippen LogP contribution is 2.42. The summed E-state index contributed by atoms with van der Waals surface area (Å²) in [5.74, 6) is -1.59. The molecule has 26 heavy (non-hydrogen) atoms. The van der Waals surface area contributed by atoms with Crippen LogP contribution in [0.2, 0.25) is 0 Å². The van der Waals surface area contributed by atoms with Gasteiger partial charge in [-0.1, -0.05) is 43.2 Å². The number of benzene rings is 1. The van der Waals surface area contributed by atoms with E-state index in [1.807, 2.05) is 25.2 Å². The molecule has 1 heterocycles. The number of nitrogens with zero attached hydrogens (tertiary/aromatic N) is 1. The largest absolute Gasteiger partial charge is 0.477 e. The van der Waals surface area contributed by atoms with Crippen LogP contribution in [-0.2, 0) is 19.9 Å². The number of carboxylic acids is 1. The summed E-state index contributed by atoms with van der Waals surface area (Å²) in [5.41, 5.74) is -1.05. The molecule has 2 fully saturated rings. The molecule has 0 radical (unpaired) electrons. The Hall–Kier alpha value is -1.92. The summed E-state index contributed by atoms with van der Waals surface area (Å²) in [6.45, 7) is 1.13. The van der Waals surface area contributed by atoms with E-state index in [9.17, 15) is 14.7 Å². The fourth-order valence-electron chi connectivity index (χ4n) is 4.49. The molecule has 1 aromatic carbocycles. The van der Waals surface area contributed by atoms with E-state index in [0.717, 1.165) is 25.7 Å². The first-order valence-corrected chi connectivity index (χ1v) is 9.38. The number of aliphatic carboxylic acids is 1. The zero-order valence-electron chi connectivity index (χ0n) is 15.3. The van der Waals surface area contributed by atoms with Gasteiger partial charge in [0.05, 0.1) is 13.6 Å². The lowest BCUT2D eigenvalue weighted by atomic mass is 9.80. The fraction of sp³-hybridized carbons (Fsp3) is 0.600. The van der Waals surface area contributed by atoms with Crippen LogP contribution in [-0.4, -0.2) is 59.4 Å². The van der Waals surface area contributed by atoms with E-state index >= 15 is 0 Å². The lowest BCUT2D eigenvalue weighted by molar-refractivity contribution is -0.891. The summed E-state index contributed by atoms with van der Waals surface area (Å²) in [6.07, 6.45) is 3.87. The van der Waals surface area contributed by atoms with Crippen LogP contribution < -0.4 is 0 Å². The number of carboxylic acid groups (broad SMARTS) is 1. The van der Waals surface area contributed by atoms with Crippen LogP contribution in [0.25, 0.3) is 0 Å². The highest BCUT2D eigenvalue weighted by atomic mass is 16.6. The number of quaternary nitrogens is 1. The Bertz CT molecular complexity index is 657. The Morgan fingerprint density at radius 3 is 2.46 bits per heavy atom. The van der Waals surface area contributed by atoms with Gasteiger partial charge in [-0.05, 0) is 18.4 Å². The summed E-state index contributed by atoms with van der Waals surface area (Å²) < 4.78 is 6.07. The van der Waals surface area contributed by atoms with Gasteiger partial charge in [-0.15, -0.1) is 0 Å². The molecule has 2 aliphatic rings. The number of likely N-dealkylation sites (N-methyl/N-ethyl adjacent to an activating group) is 1. The molecule has 1 saturated carbocycles. The smallest absolute Gasteiger partial charge is 0.359 e. The highest BCUT2D eigenvalue weighted by molar-refractivity contribution is 5.81. The first kappa shape index (κ1) is 18.9. The molecule has 6 heteroatoms. The van der Waals surface area contributed by atoms with Gasteiger partial charge in [-0.25, -0.2) is 9.59 Å². The number of carbonyl (C=O) groups is 2. The van der Waals surface area contributed by atoms with Crippen molar-refractivity contribution in [3.05, 3.63) is 35.9 Å². The number of likely N-dealkylation sites (tertiary alicyclic amines) is 1. The zero-order chi connectivity index (χ0) is 18.8. The van der Waals surface area contributed by atoms with Gasteiger partial charge in [0.15, 0.2) is 18.2 Å². The van der Waals surface area contributed by atoms with Crippen molar-refractivity contribution in [2.75, 3.05) is 26.7 Å². The van der Waals surface area contributed by atoms with Crippen LogP contribution in [0.4, 0.5) is 0 Å². The number of carbonyl (C=O) groups excluding carboxylic acids is 1. The van der Waals surface area contributed by atoms with Gasteiger partial charge < -0.3 is 19.4 Å². The van der Waals surface area contributed by atoms with Crippen molar-refractivity contribution in [1.82, 2.24) is 0 Å². The Kier molecular flexibility index (Phi) is 5.34. The third-order valence-corrected chi connectivity index (χ3v) is 5.90. The molecule has 1 aliphatic heterocycles. The molecule has 0 bridgehead atoms. The van der Waals surface area contributed by atoms with Gasteiger partial charge in [-0.2, -0.15) is 0 Å². The summed E-state index contributed by atoms with van der Waals surface area (Å²) in [4.78, 5) is 24.1. The number of rotatable bonds is 6. The van der Waals surface area contributed by atoms with Gasteiger partial charge in [-0.3, -0.25) is 0 Å². The standard InChI is InChI=1S/C20H27NO5/c1-21(14-18(22)23)12-11-17(13-21)26-19(24)20(25,16-9-5-6-10-16)15-7-3-2-4-8-15/h2-4,7-8,16-17,25H,5-6,9-14H2,1H3/p+1/t17-,20?,21-/m1/s1. The second kappa shape index (κ2) is 7.37. The maximum absolute atomic E-state index is 13.0. The number of hydrogen-bond donors (Lipinski definition) is 2. The second-order valence-corrected chi connectivity index (χ2v) is 8.01. The van der Waals surface area contributed by atoms with E-state index in [0.29, 0.717) is 29.6 Å². The Balaban J connectivity index is 1.76. The maximum Gasteiger partial charge on any atom is 0.359 e. The van der Waals surface area contributed by atoms with Gasteiger partial charge in [0, 0.05) is 12.3 Å². The van der Waals surface area contributed by atoms with E-state index < -0.39 is 17.5 Å². The van der Waals surface area contributed by atoms with Crippen LogP contribution in [0.5, 0.6) is 0 Å². The first-order valence-electron chi connectivity index (χ1n) is 9.38. The summed E-state index contributed by atoms with van der Waals surface area (Å²) in [6, 6.07) is 9.05. The van der Waals surface area contributed by atoms with Crippen molar-refractivity contribution in [3.63, 3.8) is 0 Å². The maximum atomic E-state index is 13.0. The molecule has 3 atom stereocenters. The first-order chi connectivity index (χ1) is 12.3. The molecule has 6 nitrogen and oxygen atoms in total. The van der Waals surface area contributed by atoms with Crippen LogP contribution in [0.1, 0.15) is 37.7 Å². The van der Waals surface area contributed by atoms with E-state index in [2.05, 4.69) is 0 Å². The van der Waals surface area contributed by atoms with Crippen LogP contribution >= 0.6 is 0 Å². The minimum atomic E-state index is -1.63. The number of esters is 1. The third kappa shape index (κ3) is 3.76. The second-order valence-electron chi connectivity index (χ2n) is 8.01. The molecule has 0 aromatic heterocycles. The van der Waals surface area contributed by atoms with E-state index in [4.69, 9.17) is 9.84 Å². The quantitative estimate of drug-likeness (QED) is 0.597. The van der Waals surface area contributed by atoms with Crippen molar-refractivity contribution in [3.8, 4) is 0 Å². The molecule has 1 aromatic rings. The summed E-state index contributed by atoms with van der Waals surface area (Å²) >= 11 is 0. The molecule has 142 valence electrons. The van der Waals surface area contributed by atoms with Crippen molar-refractivity contribution < 1.29 is 29.0 Å². The van der Waals surface area contributed by atoms with Crippen LogP contribution in [0.3, 0.4) is 0 Å². The Morgan fingerprint density at radius 1 is 1.19 bits per heavy atom. The zero-order valence-corrected chi connectivity index (χ0v) is 15.3. The lowest BCUT2D eigenvalue weighted by Gasteiger charge is -2.33. The van der Waals surface area contributed by atoms with Gasteiger partial charge >= 0.3 is 11.9 Å². The number of ether oxygens (including phenoxy) is 1. The van der Waals surface area contributed by atoms with E-state index in [1.54, 1.807) is 12.1 Å². The topological polar surface area (TPSA) is 83.8 Å². The lowest BCUT2D eigenvalue weighted by Crippen LogP contribution is -2.48. The fourth-order valence-corrected chi connectivity index (χ4v) is 4.49. The average molecular weight is 362 g/mol. The van der Waals surface area contributed by atoms with Crippen molar-refractivity contribution in [1.29, 1.82) is 0 Å². The van der Waals surface area contributed by atoms with Crippen molar-refractivity contribution in [2.45, 2.75) is 43.8 Å². The molecule has 1 saturated heterocycles. The average Bonchev–Trinajstić information content (AvgIpc) is 3.25. The molecular weight excluding hydrogens is 334 g/mol. The monoisotopic (exact) mass is 362 g/mol. The minimum Gasteiger partial charge on any atom is -0.477 e. The molecular formula is C20H28NO5+. The van der Waals surface area contributed by atoms with E-state index in [1.165, 1.54) is 0 Å². The number of aliphatic hydroxyl groups is 1. The van der Waals surface area contributed by atoms with Crippen molar-refractivity contribution >= 4 is 11.9 Å². The molecule has 0 amide bonds. The Labute approximate surface area is 154 Å². The SMILES string of the molecule is C[N@@+]1(CC(=O)O)CC[C@@H](OC(=O)C(O)(c2ccccc2)C2CCCC2)C1. The molecule has 0 spiro atoms. The molecule has 3 rings (SSSR count). The predicted molar refractivity (Wildman–Crippen MR) is 95.2 cm³/mol. The predicted octanol–water partition coefficient (Wildman–Crippen LogP) is 1.91. The van der Waals surface area contributed by atoms with Gasteiger partial charge in [0.1, 0.15) is 6.54 Å². The molecule has 1 aliphatic carbocycles. The van der Waals surface area contributed by atoms with Gasteiger partial charge in [0.25, 0.3) is 0 Å². The van der Waals surface area contributed by atoms with Crippen LogP contribution in [0.15, 0.2) is 30.3 Å². The van der Waals surface area contributed by atoms with E-state index in [-0.39, 0.29) is 18.6 Å².